The Morgan fingerprint density at radius 3 is 2.36 bits per heavy atom. The van der Waals surface area contributed by atoms with Crippen LogP contribution in [0.4, 0.5) is 0 Å². The fourth-order valence-corrected chi connectivity index (χ4v) is 4.63. The van der Waals surface area contributed by atoms with Crippen LogP contribution >= 0.6 is 0 Å². The number of ketones is 1. The smallest absolute Gasteiger partial charge is 0.295 e. The van der Waals surface area contributed by atoms with E-state index in [1.165, 1.54) is 48.2 Å². The van der Waals surface area contributed by atoms with E-state index < -0.39 is 33.5 Å². The van der Waals surface area contributed by atoms with Crippen LogP contribution in [0.15, 0.2) is 59.3 Å². The molecular weight excluding hydrogens is 444 g/mol. The second-order valence-electron chi connectivity index (χ2n) is 8.38. The molecule has 1 fully saturated rings. The summed E-state index contributed by atoms with van der Waals surface area (Å²) in [7, 11) is 3.16. The molecule has 1 aliphatic rings. The number of Topliss-reactive ketones (excluding diaryl/α,β-unsaturated/α-hetero) is 1. The molecule has 0 spiro atoms. The molecule has 3 rings (SSSR count). The number of carbonyl (C=O) groups is 2. The normalized spacial score (nSPS) is 18.5. The Labute approximate surface area is 194 Å². The van der Waals surface area contributed by atoms with Crippen LogP contribution in [0.1, 0.15) is 23.6 Å². The van der Waals surface area contributed by atoms with Crippen molar-refractivity contribution in [2.24, 2.45) is 0 Å². The summed E-state index contributed by atoms with van der Waals surface area (Å²) in [4.78, 5) is 32.6. The molecule has 176 valence electrons. The number of nitrogens with one attached hydrogen (secondary N) is 1. The maximum atomic E-state index is 13.4. The van der Waals surface area contributed by atoms with Crippen LogP contribution in [0.25, 0.3) is 5.76 Å². The first-order valence-corrected chi connectivity index (χ1v) is 12.0. The molecule has 1 aromatic carbocycles. The molecule has 0 saturated carbocycles. The molecule has 1 amide bonds. The van der Waals surface area contributed by atoms with E-state index in [1.807, 2.05) is 14.1 Å². The predicted molar refractivity (Wildman–Crippen MR) is 120 cm³/mol. The summed E-state index contributed by atoms with van der Waals surface area (Å²) in [5, 5.41) is 13.4. The number of sulfonamides is 1. The number of nitrogens with zero attached hydrogens (tertiary/aromatic N) is 3. The highest BCUT2D eigenvalue weighted by atomic mass is 32.2. The molecule has 0 radical (unpaired) electrons. The second kappa shape index (κ2) is 9.82. The Hall–Kier alpha value is -3.08. The lowest BCUT2D eigenvalue weighted by atomic mass is 9.96. The van der Waals surface area contributed by atoms with Crippen molar-refractivity contribution in [3.8, 4) is 0 Å². The van der Waals surface area contributed by atoms with Gasteiger partial charge in [-0.25, -0.2) is 12.7 Å². The summed E-state index contributed by atoms with van der Waals surface area (Å²) in [5.41, 5.74) is 0.565. The van der Waals surface area contributed by atoms with Gasteiger partial charge in [-0.05, 0) is 29.3 Å². The number of quaternary nitrogens is 1. The monoisotopic (exact) mass is 472 g/mol. The summed E-state index contributed by atoms with van der Waals surface area (Å²) in [5.74, 6) is -2.15. The number of amides is 1. The molecule has 2 aromatic rings. The molecule has 0 aliphatic carbocycles. The minimum atomic E-state index is -3.66. The van der Waals surface area contributed by atoms with Gasteiger partial charge in [0.05, 0.1) is 31.6 Å². The van der Waals surface area contributed by atoms with E-state index in [0.29, 0.717) is 18.5 Å². The van der Waals surface area contributed by atoms with Crippen molar-refractivity contribution in [3.05, 3.63) is 65.5 Å². The van der Waals surface area contributed by atoms with Gasteiger partial charge in [-0.1, -0.05) is 24.0 Å². The van der Waals surface area contributed by atoms with Gasteiger partial charge < -0.3 is 14.9 Å². The third kappa shape index (κ3) is 4.97. The zero-order valence-corrected chi connectivity index (χ0v) is 19.9. The fourth-order valence-electron chi connectivity index (χ4n) is 3.73. The molecule has 2 heterocycles. The quantitative estimate of drug-likeness (QED) is 0.302. The highest BCUT2D eigenvalue weighted by molar-refractivity contribution is 7.89. The lowest BCUT2D eigenvalue weighted by Crippen LogP contribution is -3.05. The van der Waals surface area contributed by atoms with Gasteiger partial charge in [0.25, 0.3) is 5.91 Å². The molecule has 1 aliphatic heterocycles. The van der Waals surface area contributed by atoms with Crippen LogP contribution in [0.2, 0.25) is 0 Å². The lowest BCUT2D eigenvalue weighted by molar-refractivity contribution is -0.858. The van der Waals surface area contributed by atoms with E-state index in [2.05, 4.69) is 4.98 Å². The standard InChI is InChI=1S/C23H28N4O5S/c1-25(2)13-6-14-27-20(17-7-5-12-24-15-17)19(22(29)23(27)30)21(28)16-8-10-18(11-9-16)33(31,32)26(3)4/h5,7-12,15,20,28H,6,13-14H2,1-4H3. The van der Waals surface area contributed by atoms with Crippen LogP contribution in [-0.4, -0.2) is 75.6 Å². The zero-order valence-electron chi connectivity index (χ0n) is 19.1. The molecule has 1 N–H and O–H groups in total. The minimum Gasteiger partial charge on any atom is -0.872 e. The van der Waals surface area contributed by atoms with Crippen molar-refractivity contribution in [3.63, 3.8) is 0 Å². The summed E-state index contributed by atoms with van der Waals surface area (Å²) in [6, 6.07) is 7.95. The summed E-state index contributed by atoms with van der Waals surface area (Å²) in [6.07, 6.45) is 3.78. The molecule has 0 bridgehead atoms. The predicted octanol–water partition coefficient (Wildman–Crippen LogP) is -0.909. The summed E-state index contributed by atoms with van der Waals surface area (Å²) < 4.78 is 25.7. The fraction of sp³-hybridized carbons (Fsp3) is 0.348. The molecule has 33 heavy (non-hydrogen) atoms. The Kier molecular flexibility index (Phi) is 7.31. The van der Waals surface area contributed by atoms with Crippen molar-refractivity contribution in [1.82, 2.24) is 14.2 Å². The Morgan fingerprint density at radius 2 is 1.82 bits per heavy atom. The Bertz CT molecular complexity index is 1160. The maximum absolute atomic E-state index is 13.4. The maximum Gasteiger partial charge on any atom is 0.295 e. The van der Waals surface area contributed by atoms with Crippen molar-refractivity contribution in [1.29, 1.82) is 0 Å². The van der Waals surface area contributed by atoms with Crippen LogP contribution in [0.3, 0.4) is 0 Å². The van der Waals surface area contributed by atoms with Crippen LogP contribution < -0.4 is 10.0 Å². The van der Waals surface area contributed by atoms with E-state index in [0.717, 1.165) is 10.8 Å². The van der Waals surface area contributed by atoms with Crippen molar-refractivity contribution >= 4 is 27.5 Å². The first-order chi connectivity index (χ1) is 15.6. The van der Waals surface area contributed by atoms with Crippen molar-refractivity contribution in [2.45, 2.75) is 17.4 Å². The van der Waals surface area contributed by atoms with Gasteiger partial charge >= 0.3 is 0 Å². The number of carbonyl (C=O) groups excluding carboxylic acids is 2. The molecule has 1 saturated heterocycles. The molecule has 1 atom stereocenters. The van der Waals surface area contributed by atoms with E-state index in [9.17, 15) is 23.1 Å². The van der Waals surface area contributed by atoms with Crippen LogP contribution in [0.5, 0.6) is 0 Å². The van der Waals surface area contributed by atoms with E-state index >= 15 is 0 Å². The highest BCUT2D eigenvalue weighted by Gasteiger charge is 2.44. The largest absolute Gasteiger partial charge is 0.872 e. The minimum absolute atomic E-state index is 0.0273. The molecule has 9 nitrogen and oxygen atoms in total. The highest BCUT2D eigenvalue weighted by Crippen LogP contribution is 2.38. The number of pyridine rings is 1. The number of hydrogen-bond acceptors (Lipinski definition) is 6. The van der Waals surface area contributed by atoms with Gasteiger partial charge in [0.1, 0.15) is 0 Å². The lowest BCUT2D eigenvalue weighted by Gasteiger charge is -2.27. The number of hydrogen-bond donors (Lipinski definition) is 1. The van der Waals surface area contributed by atoms with E-state index in [1.54, 1.807) is 24.5 Å². The number of aromatic nitrogens is 1. The first kappa shape index (κ1) is 24.6. The zero-order chi connectivity index (χ0) is 24.3. The summed E-state index contributed by atoms with van der Waals surface area (Å²) >= 11 is 0. The molecule has 10 heteroatoms. The topological polar surface area (TPSA) is 115 Å². The SMILES string of the molecule is CN(C)S(=O)(=O)c1ccc(C([O-])=C2C(=O)C(=O)N(CCC[NH+](C)C)C2c2cccnc2)cc1. The Balaban J connectivity index is 2.06. The third-order valence-corrected chi connectivity index (χ3v) is 7.33. The number of likely N-dealkylation sites (tertiary alicyclic amines) is 1. The van der Waals surface area contributed by atoms with Crippen LogP contribution in [-0.2, 0) is 19.6 Å². The Morgan fingerprint density at radius 1 is 1.15 bits per heavy atom. The molecule has 1 aromatic heterocycles. The van der Waals surface area contributed by atoms with Gasteiger partial charge in [0.15, 0.2) is 0 Å². The van der Waals surface area contributed by atoms with E-state index in [-0.39, 0.29) is 16.0 Å². The third-order valence-electron chi connectivity index (χ3n) is 5.50. The van der Waals surface area contributed by atoms with Crippen molar-refractivity contribution in [2.75, 3.05) is 41.3 Å². The van der Waals surface area contributed by atoms with Gasteiger partial charge in [-0.15, -0.1) is 0 Å². The van der Waals surface area contributed by atoms with Crippen molar-refractivity contribution < 1.29 is 28.0 Å². The van der Waals surface area contributed by atoms with Gasteiger partial charge in [-0.3, -0.25) is 14.6 Å². The first-order valence-electron chi connectivity index (χ1n) is 10.5. The molecule has 1 unspecified atom stereocenters. The van der Waals surface area contributed by atoms with Gasteiger partial charge in [-0.2, -0.15) is 0 Å². The number of benzene rings is 1. The van der Waals surface area contributed by atoms with Crippen LogP contribution in [0, 0.1) is 0 Å². The van der Waals surface area contributed by atoms with Gasteiger partial charge in [0, 0.05) is 45.0 Å². The van der Waals surface area contributed by atoms with E-state index in [4.69, 9.17) is 0 Å². The summed E-state index contributed by atoms with van der Waals surface area (Å²) in [6.45, 7) is 1.12. The average Bonchev–Trinajstić information content (AvgIpc) is 3.04. The second-order valence-corrected chi connectivity index (χ2v) is 10.5. The average molecular weight is 473 g/mol. The molecular formula is C23H28N4O5S. The van der Waals surface area contributed by atoms with Gasteiger partial charge in [0.2, 0.25) is 15.8 Å². The number of rotatable bonds is 8.